The molecule has 0 radical (unpaired) electrons. The molecule has 1 aliphatic rings. The Morgan fingerprint density at radius 2 is 2.19 bits per heavy atom. The van der Waals surface area contributed by atoms with Gasteiger partial charge in [0.15, 0.2) is 0 Å². The molecule has 0 spiro atoms. The molecule has 5 nitrogen and oxygen atoms in total. The Morgan fingerprint density at radius 1 is 1.48 bits per heavy atom. The fraction of sp³-hybridized carbons (Fsp3) is 0.429. The fourth-order valence-corrected chi connectivity index (χ4v) is 3.35. The van der Waals surface area contributed by atoms with Gasteiger partial charge in [-0.2, -0.15) is 0 Å². The van der Waals surface area contributed by atoms with Crippen molar-refractivity contribution < 1.29 is 19.4 Å². The zero-order chi connectivity index (χ0) is 15.2. The number of aliphatic carboxylic acids is 1. The smallest absolute Gasteiger partial charge is 0.323 e. The minimum atomic E-state index is -0.999. The number of carbonyl (C=O) groups is 2. The van der Waals surface area contributed by atoms with Crippen LogP contribution in [0.2, 0.25) is 0 Å². The lowest BCUT2D eigenvalue weighted by atomic mass is 10.1. The summed E-state index contributed by atoms with van der Waals surface area (Å²) < 4.78 is 6.25. The molecule has 1 aliphatic heterocycles. The van der Waals surface area contributed by atoms with Gasteiger partial charge < -0.3 is 14.7 Å². The van der Waals surface area contributed by atoms with Crippen molar-refractivity contribution in [3.8, 4) is 0 Å². The van der Waals surface area contributed by atoms with Crippen molar-refractivity contribution in [2.24, 2.45) is 0 Å². The lowest BCUT2D eigenvalue weighted by Crippen LogP contribution is -2.45. The third-order valence-corrected chi connectivity index (χ3v) is 4.75. The Bertz CT molecular complexity index is 537. The van der Waals surface area contributed by atoms with E-state index in [4.69, 9.17) is 9.84 Å². The quantitative estimate of drug-likeness (QED) is 0.805. The number of carbonyl (C=O) groups excluding carboxylic acids is 1. The summed E-state index contributed by atoms with van der Waals surface area (Å²) in [5.74, 6) is -1.27. The molecule has 2 rings (SSSR count). The van der Waals surface area contributed by atoms with Crippen molar-refractivity contribution in [2.75, 3.05) is 19.8 Å². The molecule has 114 valence electrons. The molecular weight excluding hydrogens is 358 g/mol. The molecule has 0 unspecified atom stereocenters. The van der Waals surface area contributed by atoms with Crippen LogP contribution < -0.4 is 0 Å². The normalized spacial score (nSPS) is 16.2. The molecule has 1 N–H and O–H groups in total. The zero-order valence-corrected chi connectivity index (χ0v) is 13.7. The first-order chi connectivity index (χ1) is 10.1. The molecule has 2 heterocycles. The van der Waals surface area contributed by atoms with Crippen LogP contribution in [0.15, 0.2) is 21.3 Å². The Balaban J connectivity index is 2.05. The van der Waals surface area contributed by atoms with Gasteiger partial charge in [0.1, 0.15) is 6.54 Å². The van der Waals surface area contributed by atoms with E-state index in [0.29, 0.717) is 26.1 Å². The van der Waals surface area contributed by atoms with Crippen LogP contribution in [0.4, 0.5) is 0 Å². The maximum absolute atomic E-state index is 12.3. The number of hydrogen-bond acceptors (Lipinski definition) is 4. The standard InChI is InChI=1S/C14H16BrNO4S/c15-12-7-10(9-21-12)1-2-13(17)16(8-14(18)19)11-3-5-20-6-4-11/h1-2,7,9,11H,3-6,8H2,(H,18,19). The number of thiophene rings is 1. The molecule has 0 bridgehead atoms. The molecule has 1 saturated heterocycles. The maximum Gasteiger partial charge on any atom is 0.323 e. The summed E-state index contributed by atoms with van der Waals surface area (Å²) in [7, 11) is 0. The number of nitrogens with zero attached hydrogens (tertiary/aromatic N) is 1. The van der Waals surface area contributed by atoms with Gasteiger partial charge in [-0.1, -0.05) is 0 Å². The van der Waals surface area contributed by atoms with E-state index in [2.05, 4.69) is 15.9 Å². The summed E-state index contributed by atoms with van der Waals surface area (Å²) >= 11 is 4.89. The molecule has 1 amide bonds. The summed E-state index contributed by atoms with van der Waals surface area (Å²) in [6.45, 7) is 0.853. The highest BCUT2D eigenvalue weighted by atomic mass is 79.9. The minimum absolute atomic E-state index is 0.0683. The molecular formula is C14H16BrNO4S. The first-order valence-electron chi connectivity index (χ1n) is 6.58. The molecule has 0 aromatic carbocycles. The third kappa shape index (κ3) is 4.94. The van der Waals surface area contributed by atoms with E-state index in [1.807, 2.05) is 11.4 Å². The first-order valence-corrected chi connectivity index (χ1v) is 8.26. The molecule has 1 aromatic rings. The maximum atomic E-state index is 12.3. The minimum Gasteiger partial charge on any atom is -0.480 e. The van der Waals surface area contributed by atoms with Crippen LogP contribution in [0.3, 0.4) is 0 Å². The lowest BCUT2D eigenvalue weighted by molar-refractivity contribution is -0.145. The highest BCUT2D eigenvalue weighted by Gasteiger charge is 2.26. The van der Waals surface area contributed by atoms with Crippen LogP contribution >= 0.6 is 27.3 Å². The number of hydrogen-bond donors (Lipinski definition) is 1. The van der Waals surface area contributed by atoms with Gasteiger partial charge in [0.25, 0.3) is 0 Å². The number of carboxylic acids is 1. The van der Waals surface area contributed by atoms with Crippen molar-refractivity contribution in [3.05, 3.63) is 26.9 Å². The highest BCUT2D eigenvalue weighted by molar-refractivity contribution is 9.11. The summed E-state index contributed by atoms with van der Waals surface area (Å²) in [6, 6.07) is 1.84. The van der Waals surface area contributed by atoms with E-state index in [9.17, 15) is 9.59 Å². The average Bonchev–Trinajstić information content (AvgIpc) is 2.88. The number of rotatable bonds is 5. The van der Waals surface area contributed by atoms with E-state index in [-0.39, 0.29) is 18.5 Å². The second kappa shape index (κ2) is 7.72. The van der Waals surface area contributed by atoms with Gasteiger partial charge in [-0.15, -0.1) is 11.3 Å². The summed E-state index contributed by atoms with van der Waals surface area (Å²) in [6.07, 6.45) is 4.50. The summed E-state index contributed by atoms with van der Waals surface area (Å²) in [5, 5.41) is 10.9. The SMILES string of the molecule is O=C(O)CN(C(=O)C=Cc1csc(Br)c1)C1CCOCC1. The van der Waals surface area contributed by atoms with Gasteiger partial charge in [-0.05, 0) is 51.9 Å². The zero-order valence-electron chi connectivity index (χ0n) is 11.3. The highest BCUT2D eigenvalue weighted by Crippen LogP contribution is 2.22. The van der Waals surface area contributed by atoms with E-state index < -0.39 is 5.97 Å². The fourth-order valence-electron chi connectivity index (χ4n) is 2.20. The van der Waals surface area contributed by atoms with Crippen LogP contribution in [0, 0.1) is 0 Å². The molecule has 7 heteroatoms. The second-order valence-corrected chi connectivity index (χ2v) is 7.01. The van der Waals surface area contributed by atoms with Crippen molar-refractivity contribution in [1.82, 2.24) is 4.90 Å². The Labute approximate surface area is 135 Å². The topological polar surface area (TPSA) is 66.8 Å². The number of halogens is 1. The first kappa shape index (κ1) is 16.2. The van der Waals surface area contributed by atoms with E-state index in [1.165, 1.54) is 22.3 Å². The van der Waals surface area contributed by atoms with Crippen LogP contribution in [0.25, 0.3) is 6.08 Å². The molecule has 1 aromatic heterocycles. The van der Waals surface area contributed by atoms with Gasteiger partial charge in [-0.25, -0.2) is 0 Å². The van der Waals surface area contributed by atoms with Gasteiger partial charge in [0, 0.05) is 25.3 Å². The van der Waals surface area contributed by atoms with Gasteiger partial charge in [0.05, 0.1) is 3.79 Å². The number of amides is 1. The predicted octanol–water partition coefficient (Wildman–Crippen LogP) is 2.62. The van der Waals surface area contributed by atoms with Crippen LogP contribution in [-0.4, -0.2) is 47.7 Å². The largest absolute Gasteiger partial charge is 0.480 e. The van der Waals surface area contributed by atoms with Crippen molar-refractivity contribution in [1.29, 1.82) is 0 Å². The molecule has 21 heavy (non-hydrogen) atoms. The monoisotopic (exact) mass is 373 g/mol. The Kier molecular flexibility index (Phi) is 5.96. The molecule has 0 saturated carbocycles. The van der Waals surface area contributed by atoms with Gasteiger partial charge >= 0.3 is 5.97 Å². The molecule has 0 aliphatic carbocycles. The lowest BCUT2D eigenvalue weighted by Gasteiger charge is -2.32. The van der Waals surface area contributed by atoms with Crippen molar-refractivity contribution >= 4 is 45.2 Å². The van der Waals surface area contributed by atoms with Gasteiger partial charge in [-0.3, -0.25) is 9.59 Å². The van der Waals surface area contributed by atoms with Crippen LogP contribution in [-0.2, 0) is 14.3 Å². The molecule has 1 fully saturated rings. The molecule has 0 atom stereocenters. The average molecular weight is 374 g/mol. The van der Waals surface area contributed by atoms with Crippen LogP contribution in [0.1, 0.15) is 18.4 Å². The van der Waals surface area contributed by atoms with E-state index in [0.717, 1.165) is 9.35 Å². The number of carboxylic acid groups (broad SMARTS) is 1. The third-order valence-electron chi connectivity index (χ3n) is 3.23. The van der Waals surface area contributed by atoms with Crippen LogP contribution in [0.5, 0.6) is 0 Å². The Morgan fingerprint density at radius 3 is 2.76 bits per heavy atom. The summed E-state index contributed by atoms with van der Waals surface area (Å²) in [4.78, 5) is 24.7. The van der Waals surface area contributed by atoms with Gasteiger partial charge in [0.2, 0.25) is 5.91 Å². The predicted molar refractivity (Wildman–Crippen MR) is 84.2 cm³/mol. The van der Waals surface area contributed by atoms with Crippen molar-refractivity contribution in [3.63, 3.8) is 0 Å². The Hall–Kier alpha value is -1.18. The number of ether oxygens (including phenoxy) is 1. The van der Waals surface area contributed by atoms with Crippen molar-refractivity contribution in [2.45, 2.75) is 18.9 Å². The van der Waals surface area contributed by atoms with E-state index in [1.54, 1.807) is 6.08 Å². The second-order valence-electron chi connectivity index (χ2n) is 4.72. The summed E-state index contributed by atoms with van der Waals surface area (Å²) in [5.41, 5.74) is 0.919. The van der Waals surface area contributed by atoms with E-state index >= 15 is 0 Å².